The molecule has 0 radical (unpaired) electrons. The minimum absolute atomic E-state index is 0.251. The van der Waals surface area contributed by atoms with Gasteiger partial charge in [0.25, 0.3) is 0 Å². The molecule has 1 aliphatic rings. The second kappa shape index (κ2) is 7.69. The third-order valence-corrected chi connectivity index (χ3v) is 6.87. The minimum atomic E-state index is 0.251. The van der Waals surface area contributed by atoms with Gasteiger partial charge in [-0.3, -0.25) is 0 Å². The molecule has 25 heavy (non-hydrogen) atoms. The van der Waals surface area contributed by atoms with Crippen LogP contribution in [0.1, 0.15) is 17.2 Å². The van der Waals surface area contributed by atoms with Crippen LogP contribution in [-0.2, 0) is 4.84 Å². The molecular weight excluding hydrogens is 373 g/mol. The van der Waals surface area contributed by atoms with E-state index in [2.05, 4.69) is 95.9 Å². The van der Waals surface area contributed by atoms with Crippen LogP contribution in [-0.4, -0.2) is 32.5 Å². The van der Waals surface area contributed by atoms with Gasteiger partial charge in [0, 0.05) is 0 Å². The Morgan fingerprint density at radius 2 is 1.40 bits per heavy atom. The molecule has 1 fully saturated rings. The van der Waals surface area contributed by atoms with Crippen LogP contribution < -0.4 is 4.46 Å². The normalized spacial score (nSPS) is 21.2. The second-order valence-electron chi connectivity index (χ2n) is 6.02. The van der Waals surface area contributed by atoms with E-state index in [0.717, 1.165) is 12.2 Å². The summed E-state index contributed by atoms with van der Waals surface area (Å²) in [5.74, 6) is 0. The summed E-state index contributed by atoms with van der Waals surface area (Å²) in [5, 5.41) is 0. The Morgan fingerprint density at radius 1 is 0.800 bits per heavy atom. The number of rotatable bonds is 4. The quantitative estimate of drug-likeness (QED) is 0.487. The Bertz CT molecular complexity index is 834. The fraction of sp³-hybridized carbons (Fsp3) is 0.136. The Balaban J connectivity index is 1.67. The van der Waals surface area contributed by atoms with Crippen molar-refractivity contribution in [3.63, 3.8) is 0 Å². The average Bonchev–Trinajstić information content (AvgIpc) is 3.06. The zero-order valence-corrected chi connectivity index (χ0v) is 15.6. The molecule has 2 atom stereocenters. The van der Waals surface area contributed by atoms with E-state index in [1.54, 1.807) is 0 Å². The standard InChI is InChI=1S/C22H20NOSe/c1-4-10-18(11-5-1)16-23-22(19-12-6-2-7-13-19)21(17-24-23)25-20-14-8-3-9-15-20/h1-16,21-22H,17H2/q+1/b23-16-/t21-,22+/m1/s1. The molecule has 2 nitrogen and oxygen atoms in total. The predicted molar refractivity (Wildman–Crippen MR) is 103 cm³/mol. The summed E-state index contributed by atoms with van der Waals surface area (Å²) in [4.78, 5) is 6.59. The summed E-state index contributed by atoms with van der Waals surface area (Å²) in [5.41, 5.74) is 2.48. The van der Waals surface area contributed by atoms with Crippen molar-refractivity contribution in [2.45, 2.75) is 10.9 Å². The van der Waals surface area contributed by atoms with E-state index in [9.17, 15) is 0 Å². The van der Waals surface area contributed by atoms with E-state index in [1.165, 1.54) is 10.0 Å². The molecule has 3 aromatic rings. The maximum absolute atomic E-state index is 6.10. The number of nitrogens with zero attached hydrogens (tertiary/aromatic N) is 1. The SMILES string of the molecule is C(/c1ccccc1)=[N+]1/OC[C@@H]([Se]c2ccccc2)[C@@H]1c1ccccc1. The number of benzene rings is 3. The van der Waals surface area contributed by atoms with Crippen molar-refractivity contribution >= 4 is 25.6 Å². The first-order valence-corrected chi connectivity index (χ1v) is 10.3. The van der Waals surface area contributed by atoms with E-state index in [4.69, 9.17) is 4.84 Å². The first-order valence-electron chi connectivity index (χ1n) is 8.48. The molecule has 124 valence electrons. The van der Waals surface area contributed by atoms with E-state index in [1.807, 2.05) is 6.07 Å². The van der Waals surface area contributed by atoms with Gasteiger partial charge in [0.2, 0.25) is 0 Å². The van der Waals surface area contributed by atoms with Crippen LogP contribution >= 0.6 is 0 Å². The molecule has 1 aliphatic heterocycles. The predicted octanol–water partition coefficient (Wildman–Crippen LogP) is 3.62. The topological polar surface area (TPSA) is 12.2 Å². The van der Waals surface area contributed by atoms with Gasteiger partial charge in [-0.05, 0) is 0 Å². The van der Waals surface area contributed by atoms with Crippen LogP contribution in [0.5, 0.6) is 0 Å². The van der Waals surface area contributed by atoms with Crippen molar-refractivity contribution in [1.82, 2.24) is 0 Å². The molecule has 3 heteroatoms. The van der Waals surface area contributed by atoms with Crippen molar-refractivity contribution in [3.8, 4) is 0 Å². The third kappa shape index (κ3) is 3.84. The molecule has 3 aromatic carbocycles. The molecule has 0 bridgehead atoms. The van der Waals surface area contributed by atoms with Gasteiger partial charge in [-0.15, -0.1) is 0 Å². The first-order chi connectivity index (χ1) is 12.4. The van der Waals surface area contributed by atoms with Gasteiger partial charge in [0.15, 0.2) is 0 Å². The van der Waals surface area contributed by atoms with Crippen LogP contribution in [0.3, 0.4) is 0 Å². The van der Waals surface area contributed by atoms with Gasteiger partial charge in [-0.25, -0.2) is 0 Å². The van der Waals surface area contributed by atoms with Crippen LogP contribution in [0, 0.1) is 0 Å². The molecule has 0 N–H and O–H groups in total. The van der Waals surface area contributed by atoms with Gasteiger partial charge in [-0.2, -0.15) is 0 Å². The molecule has 4 rings (SSSR count). The van der Waals surface area contributed by atoms with E-state index < -0.39 is 0 Å². The van der Waals surface area contributed by atoms with E-state index in [-0.39, 0.29) is 6.04 Å². The zero-order valence-electron chi connectivity index (χ0n) is 13.9. The maximum atomic E-state index is 6.10. The van der Waals surface area contributed by atoms with Crippen LogP contribution in [0.15, 0.2) is 91.0 Å². The summed E-state index contributed by atoms with van der Waals surface area (Å²) in [6.45, 7) is 0.762. The summed E-state index contributed by atoms with van der Waals surface area (Å²) in [6.07, 6.45) is 2.12. The molecule has 0 spiro atoms. The monoisotopic (exact) mass is 394 g/mol. The van der Waals surface area contributed by atoms with E-state index in [0.29, 0.717) is 19.8 Å². The van der Waals surface area contributed by atoms with Gasteiger partial charge < -0.3 is 0 Å². The fourth-order valence-electron chi connectivity index (χ4n) is 3.08. The summed E-state index contributed by atoms with van der Waals surface area (Å²) in [7, 11) is 0. The third-order valence-electron chi connectivity index (χ3n) is 4.26. The molecule has 0 aromatic heterocycles. The fourth-order valence-corrected chi connectivity index (χ4v) is 5.60. The van der Waals surface area contributed by atoms with Gasteiger partial charge >= 0.3 is 155 Å². The molecule has 0 unspecified atom stereocenters. The van der Waals surface area contributed by atoms with Crippen molar-refractivity contribution in [3.05, 3.63) is 102 Å². The van der Waals surface area contributed by atoms with E-state index >= 15 is 0 Å². The van der Waals surface area contributed by atoms with Crippen molar-refractivity contribution in [2.24, 2.45) is 0 Å². The van der Waals surface area contributed by atoms with Crippen LogP contribution in [0.2, 0.25) is 4.82 Å². The number of hydrogen-bond acceptors (Lipinski definition) is 1. The molecule has 0 aliphatic carbocycles. The number of hydroxylamine groups is 1. The molecular formula is C22H20NOSe+. The van der Waals surface area contributed by atoms with Gasteiger partial charge in [-0.1, -0.05) is 0 Å². The summed E-state index contributed by atoms with van der Waals surface area (Å²) >= 11 is 0.362. The Kier molecular flexibility index (Phi) is 4.96. The summed E-state index contributed by atoms with van der Waals surface area (Å²) in [6, 6.07) is 32.1. The molecule has 1 heterocycles. The molecule has 0 saturated carbocycles. The van der Waals surface area contributed by atoms with Crippen molar-refractivity contribution in [1.29, 1.82) is 0 Å². The molecule has 0 amide bonds. The zero-order chi connectivity index (χ0) is 16.9. The summed E-state index contributed by atoms with van der Waals surface area (Å²) < 4.78 is 3.48. The Hall–Kier alpha value is -2.35. The van der Waals surface area contributed by atoms with Crippen LogP contribution in [0.25, 0.3) is 0 Å². The van der Waals surface area contributed by atoms with Crippen LogP contribution in [0.4, 0.5) is 0 Å². The Morgan fingerprint density at radius 3 is 2.08 bits per heavy atom. The van der Waals surface area contributed by atoms with Gasteiger partial charge in [0.05, 0.1) is 0 Å². The Labute approximate surface area is 154 Å². The average molecular weight is 393 g/mol. The first kappa shape index (κ1) is 16.1. The number of hydrogen-bond donors (Lipinski definition) is 0. The van der Waals surface area contributed by atoms with Gasteiger partial charge in [0.1, 0.15) is 0 Å². The molecule has 1 saturated heterocycles. The van der Waals surface area contributed by atoms with Crippen molar-refractivity contribution in [2.75, 3.05) is 6.61 Å². The second-order valence-corrected chi connectivity index (χ2v) is 8.77. The van der Waals surface area contributed by atoms with Crippen molar-refractivity contribution < 1.29 is 9.58 Å².